The highest BCUT2D eigenvalue weighted by Crippen LogP contribution is 2.26. The lowest BCUT2D eigenvalue weighted by molar-refractivity contribution is -0.141. The zero-order valence-electron chi connectivity index (χ0n) is 20.3. The Morgan fingerprint density at radius 2 is 1.66 bits per heavy atom. The van der Waals surface area contributed by atoms with Gasteiger partial charge in [-0.05, 0) is 63.1 Å². The van der Waals surface area contributed by atoms with Crippen molar-refractivity contribution in [2.45, 2.75) is 52.2 Å². The van der Waals surface area contributed by atoms with Crippen molar-refractivity contribution in [1.29, 1.82) is 0 Å². The lowest BCUT2D eigenvalue weighted by Crippen LogP contribution is -2.55. The van der Waals surface area contributed by atoms with E-state index >= 15 is 0 Å². The van der Waals surface area contributed by atoms with Gasteiger partial charge in [0.2, 0.25) is 21.8 Å². The number of rotatable bonds is 9. The molecule has 35 heavy (non-hydrogen) atoms. The van der Waals surface area contributed by atoms with E-state index in [1.807, 2.05) is 20.8 Å². The van der Waals surface area contributed by atoms with E-state index < -0.39 is 34.1 Å². The van der Waals surface area contributed by atoms with Gasteiger partial charge >= 0.3 is 0 Å². The number of sulfonamides is 1. The maximum Gasteiger partial charge on any atom is 0.244 e. The predicted octanol–water partition coefficient (Wildman–Crippen LogP) is 5.13. The lowest BCUT2D eigenvalue weighted by atomic mass is 10.1. The van der Waals surface area contributed by atoms with Crippen LogP contribution < -0.4 is 9.62 Å². The van der Waals surface area contributed by atoms with Gasteiger partial charge in [-0.2, -0.15) is 0 Å². The largest absolute Gasteiger partial charge is 0.350 e. The molecule has 0 aliphatic rings. The summed E-state index contributed by atoms with van der Waals surface area (Å²) in [6, 6.07) is 10.2. The van der Waals surface area contributed by atoms with Crippen LogP contribution in [-0.2, 0) is 26.2 Å². The van der Waals surface area contributed by atoms with Crippen LogP contribution >= 0.6 is 34.8 Å². The SMILES string of the molecule is CC[C@H](C(=O)NC(C)(C)C)N(Cc1ccc(Cl)cc1Cl)C(=O)CN(c1cccc(Cl)c1)S(C)(=O)=O. The van der Waals surface area contributed by atoms with Crippen molar-refractivity contribution in [3.63, 3.8) is 0 Å². The molecule has 0 aliphatic carbocycles. The highest BCUT2D eigenvalue weighted by atomic mass is 35.5. The van der Waals surface area contributed by atoms with Gasteiger partial charge in [-0.15, -0.1) is 0 Å². The molecule has 0 unspecified atom stereocenters. The standard InChI is InChI=1S/C24H30Cl3N3O4S/c1-6-21(23(32)28-24(2,3)4)29(14-16-10-11-18(26)13-20(16)27)22(31)15-30(35(5,33)34)19-9-7-8-17(25)12-19/h7-13,21H,6,14-15H2,1-5H3,(H,28,32)/t21-/m1/s1. The second-order valence-corrected chi connectivity index (χ2v) is 12.4. The fourth-order valence-electron chi connectivity index (χ4n) is 3.45. The molecule has 2 rings (SSSR count). The van der Waals surface area contributed by atoms with Gasteiger partial charge in [0.15, 0.2) is 0 Å². The van der Waals surface area contributed by atoms with Crippen LogP contribution in [-0.4, -0.2) is 49.5 Å². The average Bonchev–Trinajstić information content (AvgIpc) is 2.71. The summed E-state index contributed by atoms with van der Waals surface area (Å²) in [5.74, 6) is -0.926. The minimum atomic E-state index is -3.85. The number of amides is 2. The summed E-state index contributed by atoms with van der Waals surface area (Å²) in [6.07, 6.45) is 1.31. The molecule has 0 spiro atoms. The third kappa shape index (κ3) is 8.56. The quantitative estimate of drug-likeness (QED) is 0.459. The molecule has 0 fully saturated rings. The molecule has 2 aromatic carbocycles. The third-order valence-corrected chi connectivity index (χ3v) is 6.98. The minimum Gasteiger partial charge on any atom is -0.350 e. The van der Waals surface area contributed by atoms with Gasteiger partial charge in [-0.3, -0.25) is 13.9 Å². The number of carbonyl (C=O) groups excluding carboxylic acids is 2. The van der Waals surface area contributed by atoms with E-state index in [2.05, 4.69) is 5.32 Å². The molecule has 1 atom stereocenters. The molecule has 0 saturated heterocycles. The number of carbonyl (C=O) groups is 2. The maximum atomic E-state index is 13.6. The van der Waals surface area contributed by atoms with E-state index in [9.17, 15) is 18.0 Å². The zero-order chi connectivity index (χ0) is 26.6. The first-order chi connectivity index (χ1) is 16.1. The van der Waals surface area contributed by atoms with Crippen LogP contribution in [0.4, 0.5) is 5.69 Å². The van der Waals surface area contributed by atoms with Gasteiger partial charge in [-0.1, -0.05) is 53.9 Å². The van der Waals surface area contributed by atoms with E-state index in [4.69, 9.17) is 34.8 Å². The van der Waals surface area contributed by atoms with Gasteiger partial charge in [0.05, 0.1) is 11.9 Å². The molecule has 0 aliphatic heterocycles. The zero-order valence-corrected chi connectivity index (χ0v) is 23.4. The Morgan fingerprint density at radius 3 is 2.17 bits per heavy atom. The number of hydrogen-bond donors (Lipinski definition) is 1. The van der Waals surface area contributed by atoms with E-state index in [1.165, 1.54) is 11.0 Å². The van der Waals surface area contributed by atoms with Crippen LogP contribution in [0.3, 0.4) is 0 Å². The normalized spacial score (nSPS) is 12.7. The fourth-order valence-corrected chi connectivity index (χ4v) is 4.95. The maximum absolute atomic E-state index is 13.6. The van der Waals surface area contributed by atoms with Gasteiger partial charge in [0.25, 0.3) is 0 Å². The number of nitrogens with one attached hydrogen (secondary N) is 1. The number of halogens is 3. The van der Waals surface area contributed by atoms with Crippen LogP contribution in [0.1, 0.15) is 39.7 Å². The Labute approximate surface area is 222 Å². The third-order valence-electron chi connectivity index (χ3n) is 5.02. The van der Waals surface area contributed by atoms with Crippen LogP contribution in [0.2, 0.25) is 15.1 Å². The highest BCUT2D eigenvalue weighted by molar-refractivity contribution is 7.92. The first-order valence-corrected chi connectivity index (χ1v) is 13.9. The molecule has 0 bridgehead atoms. The molecule has 192 valence electrons. The second-order valence-electron chi connectivity index (χ2n) is 9.17. The van der Waals surface area contributed by atoms with Crippen molar-refractivity contribution >= 4 is 62.3 Å². The van der Waals surface area contributed by atoms with E-state index in [-0.39, 0.29) is 18.1 Å². The summed E-state index contributed by atoms with van der Waals surface area (Å²) in [5.41, 5.74) is 0.279. The average molecular weight is 563 g/mol. The molecule has 2 amide bonds. The van der Waals surface area contributed by atoms with E-state index in [0.29, 0.717) is 27.1 Å². The summed E-state index contributed by atoms with van der Waals surface area (Å²) >= 11 is 18.4. The molecule has 7 nitrogen and oxygen atoms in total. The first-order valence-electron chi connectivity index (χ1n) is 10.9. The van der Waals surface area contributed by atoms with Gasteiger partial charge in [-0.25, -0.2) is 8.42 Å². The molecule has 1 N–H and O–H groups in total. The van der Waals surface area contributed by atoms with Crippen LogP contribution in [0.25, 0.3) is 0 Å². The van der Waals surface area contributed by atoms with Crippen molar-refractivity contribution in [2.24, 2.45) is 0 Å². The van der Waals surface area contributed by atoms with Gasteiger partial charge < -0.3 is 10.2 Å². The highest BCUT2D eigenvalue weighted by Gasteiger charge is 2.33. The summed E-state index contributed by atoms with van der Waals surface area (Å²) < 4.78 is 26.2. The Kier molecular flexibility index (Phi) is 9.87. The van der Waals surface area contributed by atoms with Crippen LogP contribution in [0, 0.1) is 0 Å². The molecule has 0 aromatic heterocycles. The van der Waals surface area contributed by atoms with Gasteiger partial charge in [0, 0.05) is 27.2 Å². The Hall–Kier alpha value is -2.00. The number of anilines is 1. The molecule has 0 saturated carbocycles. The number of benzene rings is 2. The van der Waals surface area contributed by atoms with Crippen LogP contribution in [0.5, 0.6) is 0 Å². The summed E-state index contributed by atoms with van der Waals surface area (Å²) in [4.78, 5) is 28.1. The fraction of sp³-hybridized carbons (Fsp3) is 0.417. The molecule has 2 aromatic rings. The number of nitrogens with zero attached hydrogens (tertiary/aromatic N) is 2. The smallest absolute Gasteiger partial charge is 0.244 e. The summed E-state index contributed by atoms with van der Waals surface area (Å²) in [6.45, 7) is 6.75. The first kappa shape index (κ1) is 29.2. The van der Waals surface area contributed by atoms with Crippen molar-refractivity contribution in [2.75, 3.05) is 17.1 Å². The number of hydrogen-bond acceptors (Lipinski definition) is 4. The van der Waals surface area contributed by atoms with Crippen molar-refractivity contribution in [1.82, 2.24) is 10.2 Å². The predicted molar refractivity (Wildman–Crippen MR) is 143 cm³/mol. The lowest BCUT2D eigenvalue weighted by Gasteiger charge is -2.34. The van der Waals surface area contributed by atoms with Crippen molar-refractivity contribution in [3.05, 3.63) is 63.1 Å². The molecular formula is C24H30Cl3N3O4S. The monoisotopic (exact) mass is 561 g/mol. The molecule has 0 radical (unpaired) electrons. The molecular weight excluding hydrogens is 533 g/mol. The Balaban J connectivity index is 2.50. The Morgan fingerprint density at radius 1 is 1.03 bits per heavy atom. The molecule has 0 heterocycles. The van der Waals surface area contributed by atoms with Gasteiger partial charge in [0.1, 0.15) is 12.6 Å². The topological polar surface area (TPSA) is 86.8 Å². The van der Waals surface area contributed by atoms with E-state index in [0.717, 1.165) is 10.6 Å². The minimum absolute atomic E-state index is 0.0158. The second kappa shape index (κ2) is 11.8. The van der Waals surface area contributed by atoms with Crippen molar-refractivity contribution < 1.29 is 18.0 Å². The van der Waals surface area contributed by atoms with E-state index in [1.54, 1.807) is 43.3 Å². The Bertz CT molecular complexity index is 1180. The van der Waals surface area contributed by atoms with Crippen molar-refractivity contribution in [3.8, 4) is 0 Å². The van der Waals surface area contributed by atoms with Crippen LogP contribution in [0.15, 0.2) is 42.5 Å². The molecule has 11 heteroatoms. The summed E-state index contributed by atoms with van der Waals surface area (Å²) in [5, 5.41) is 3.98. The summed E-state index contributed by atoms with van der Waals surface area (Å²) in [7, 11) is -3.85.